The second-order valence-electron chi connectivity index (χ2n) is 3.97. The van der Waals surface area contributed by atoms with Crippen LogP contribution in [-0.4, -0.2) is 38.1 Å². The Morgan fingerprint density at radius 2 is 1.73 bits per heavy atom. The molecule has 0 aliphatic carbocycles. The maximum Gasteiger partial charge on any atom is 0.0166 e. The van der Waals surface area contributed by atoms with E-state index in [0.717, 1.165) is 19.0 Å². The summed E-state index contributed by atoms with van der Waals surface area (Å²) in [5, 5.41) is 3.47. The van der Waals surface area contributed by atoms with Gasteiger partial charge >= 0.3 is 0 Å². The van der Waals surface area contributed by atoms with E-state index in [1.807, 2.05) is 0 Å². The van der Waals surface area contributed by atoms with E-state index >= 15 is 0 Å². The van der Waals surface area contributed by atoms with Crippen molar-refractivity contribution in [1.82, 2.24) is 10.2 Å². The van der Waals surface area contributed by atoms with Gasteiger partial charge in [-0.05, 0) is 33.5 Å². The molecule has 11 heavy (non-hydrogen) atoms. The van der Waals surface area contributed by atoms with Crippen LogP contribution < -0.4 is 5.32 Å². The lowest BCUT2D eigenvalue weighted by Crippen LogP contribution is -2.37. The van der Waals surface area contributed by atoms with Gasteiger partial charge in [0.05, 0.1) is 0 Å². The van der Waals surface area contributed by atoms with Gasteiger partial charge in [-0.15, -0.1) is 0 Å². The van der Waals surface area contributed by atoms with Crippen molar-refractivity contribution in [2.45, 2.75) is 26.8 Å². The van der Waals surface area contributed by atoms with Crippen LogP contribution in [0.1, 0.15) is 20.8 Å². The minimum absolute atomic E-state index is 0.604. The van der Waals surface area contributed by atoms with Gasteiger partial charge in [-0.2, -0.15) is 0 Å². The second-order valence-corrected chi connectivity index (χ2v) is 3.97. The highest BCUT2D eigenvalue weighted by Gasteiger charge is 2.02. The molecule has 0 bridgehead atoms. The Morgan fingerprint density at radius 3 is 2.09 bits per heavy atom. The second kappa shape index (κ2) is 5.56. The molecule has 0 aromatic carbocycles. The monoisotopic (exact) mass is 158 g/mol. The number of likely N-dealkylation sites (N-methyl/N-ethyl adjacent to an activating group) is 1. The summed E-state index contributed by atoms with van der Waals surface area (Å²) in [6.07, 6.45) is 0. The molecule has 2 heteroatoms. The molecular formula is C9H22N2. The molecule has 0 spiro atoms. The molecule has 0 aromatic heterocycles. The van der Waals surface area contributed by atoms with Crippen molar-refractivity contribution in [3.05, 3.63) is 0 Å². The van der Waals surface area contributed by atoms with Crippen molar-refractivity contribution in [2.24, 2.45) is 5.92 Å². The van der Waals surface area contributed by atoms with E-state index in [0.29, 0.717) is 6.04 Å². The minimum Gasteiger partial charge on any atom is -0.313 e. The highest BCUT2D eigenvalue weighted by molar-refractivity contribution is 4.63. The van der Waals surface area contributed by atoms with Crippen molar-refractivity contribution >= 4 is 0 Å². The smallest absolute Gasteiger partial charge is 0.0166 e. The van der Waals surface area contributed by atoms with Crippen LogP contribution in [-0.2, 0) is 0 Å². The molecule has 0 rings (SSSR count). The third kappa shape index (κ3) is 7.82. The lowest BCUT2D eigenvalue weighted by molar-refractivity contribution is 0.341. The molecule has 0 unspecified atom stereocenters. The fourth-order valence-corrected chi connectivity index (χ4v) is 1.05. The van der Waals surface area contributed by atoms with Gasteiger partial charge in [0.15, 0.2) is 0 Å². The van der Waals surface area contributed by atoms with Crippen molar-refractivity contribution < 1.29 is 0 Å². The highest BCUT2D eigenvalue weighted by Crippen LogP contribution is 1.90. The van der Waals surface area contributed by atoms with Crippen LogP contribution in [0.4, 0.5) is 0 Å². The molecule has 0 heterocycles. The average molecular weight is 158 g/mol. The van der Waals surface area contributed by atoms with Crippen molar-refractivity contribution in [1.29, 1.82) is 0 Å². The van der Waals surface area contributed by atoms with E-state index in [1.165, 1.54) is 0 Å². The van der Waals surface area contributed by atoms with Crippen LogP contribution >= 0.6 is 0 Å². The molecule has 1 N–H and O–H groups in total. The molecule has 0 saturated heterocycles. The van der Waals surface area contributed by atoms with E-state index in [9.17, 15) is 0 Å². The summed E-state index contributed by atoms with van der Waals surface area (Å²) >= 11 is 0. The zero-order valence-corrected chi connectivity index (χ0v) is 8.52. The van der Waals surface area contributed by atoms with Crippen LogP contribution in [0.3, 0.4) is 0 Å². The van der Waals surface area contributed by atoms with E-state index in [2.05, 4.69) is 45.1 Å². The van der Waals surface area contributed by atoms with E-state index in [-0.39, 0.29) is 0 Å². The first-order chi connectivity index (χ1) is 5.02. The Labute approximate surface area is 71.0 Å². The van der Waals surface area contributed by atoms with Gasteiger partial charge in [-0.3, -0.25) is 0 Å². The number of hydrogen-bond donors (Lipinski definition) is 1. The highest BCUT2D eigenvalue weighted by atomic mass is 15.1. The molecule has 0 aliphatic rings. The van der Waals surface area contributed by atoms with Gasteiger partial charge in [0, 0.05) is 12.6 Å². The van der Waals surface area contributed by atoms with Gasteiger partial charge in [0.1, 0.15) is 0 Å². The molecule has 0 aromatic rings. The van der Waals surface area contributed by atoms with Crippen LogP contribution in [0.2, 0.25) is 0 Å². The Balaban J connectivity index is 3.29. The summed E-state index contributed by atoms with van der Waals surface area (Å²) in [7, 11) is 4.21. The molecular weight excluding hydrogens is 136 g/mol. The average Bonchev–Trinajstić information content (AvgIpc) is 1.82. The summed E-state index contributed by atoms with van der Waals surface area (Å²) in [6, 6.07) is 0.604. The molecule has 1 atom stereocenters. The molecule has 0 saturated carbocycles. The Bertz CT molecular complexity index is 89.6. The molecule has 68 valence electrons. The lowest BCUT2D eigenvalue weighted by atomic mass is 10.2. The maximum absolute atomic E-state index is 3.47. The summed E-state index contributed by atoms with van der Waals surface area (Å²) in [5.41, 5.74) is 0. The Kier molecular flexibility index (Phi) is 5.51. The zero-order chi connectivity index (χ0) is 8.85. The summed E-state index contributed by atoms with van der Waals surface area (Å²) < 4.78 is 0. The normalized spacial score (nSPS) is 14.5. The molecule has 0 fully saturated rings. The first kappa shape index (κ1) is 10.9. The molecule has 2 nitrogen and oxygen atoms in total. The topological polar surface area (TPSA) is 15.3 Å². The van der Waals surface area contributed by atoms with Crippen LogP contribution in [0.5, 0.6) is 0 Å². The minimum atomic E-state index is 0.604. The van der Waals surface area contributed by atoms with Gasteiger partial charge in [0.25, 0.3) is 0 Å². The number of nitrogens with zero attached hydrogens (tertiary/aromatic N) is 1. The molecule has 0 amide bonds. The predicted molar refractivity (Wildman–Crippen MR) is 50.9 cm³/mol. The first-order valence-electron chi connectivity index (χ1n) is 4.40. The first-order valence-corrected chi connectivity index (χ1v) is 4.40. The quantitative estimate of drug-likeness (QED) is 0.646. The largest absolute Gasteiger partial charge is 0.313 e. The summed E-state index contributed by atoms with van der Waals surface area (Å²) in [4.78, 5) is 2.21. The summed E-state index contributed by atoms with van der Waals surface area (Å²) in [6.45, 7) is 8.93. The maximum atomic E-state index is 3.47. The Morgan fingerprint density at radius 1 is 1.18 bits per heavy atom. The standard InChI is InChI=1S/C9H22N2/c1-8(2)6-10-9(3)7-11(4)5/h8-10H,6-7H2,1-5H3/t9-/m1/s1. The lowest BCUT2D eigenvalue weighted by Gasteiger charge is -2.19. The van der Waals surface area contributed by atoms with Crippen LogP contribution in [0.25, 0.3) is 0 Å². The third-order valence-electron chi connectivity index (χ3n) is 1.51. The van der Waals surface area contributed by atoms with Gasteiger partial charge in [-0.1, -0.05) is 13.8 Å². The van der Waals surface area contributed by atoms with Gasteiger partial charge in [-0.25, -0.2) is 0 Å². The third-order valence-corrected chi connectivity index (χ3v) is 1.51. The predicted octanol–water partition coefficient (Wildman–Crippen LogP) is 1.18. The van der Waals surface area contributed by atoms with Gasteiger partial charge < -0.3 is 10.2 Å². The molecule has 0 radical (unpaired) electrons. The fourth-order valence-electron chi connectivity index (χ4n) is 1.05. The van der Waals surface area contributed by atoms with Gasteiger partial charge in [0.2, 0.25) is 0 Å². The van der Waals surface area contributed by atoms with E-state index in [1.54, 1.807) is 0 Å². The SMILES string of the molecule is CC(C)CN[C@H](C)CN(C)C. The van der Waals surface area contributed by atoms with Crippen molar-refractivity contribution in [3.8, 4) is 0 Å². The van der Waals surface area contributed by atoms with Crippen molar-refractivity contribution in [3.63, 3.8) is 0 Å². The van der Waals surface area contributed by atoms with Crippen molar-refractivity contribution in [2.75, 3.05) is 27.2 Å². The number of nitrogens with one attached hydrogen (secondary N) is 1. The fraction of sp³-hybridized carbons (Fsp3) is 1.00. The van der Waals surface area contributed by atoms with E-state index in [4.69, 9.17) is 0 Å². The number of hydrogen-bond acceptors (Lipinski definition) is 2. The van der Waals surface area contributed by atoms with E-state index < -0.39 is 0 Å². The zero-order valence-electron chi connectivity index (χ0n) is 8.52. The Hall–Kier alpha value is -0.0800. The van der Waals surface area contributed by atoms with Crippen LogP contribution in [0.15, 0.2) is 0 Å². The van der Waals surface area contributed by atoms with Crippen LogP contribution in [0, 0.1) is 5.92 Å². The molecule has 0 aliphatic heterocycles. The number of rotatable bonds is 5. The summed E-state index contributed by atoms with van der Waals surface area (Å²) in [5.74, 6) is 0.750.